The van der Waals surface area contributed by atoms with Gasteiger partial charge in [-0.3, -0.25) is 0 Å². The predicted molar refractivity (Wildman–Crippen MR) is 84.3 cm³/mol. The summed E-state index contributed by atoms with van der Waals surface area (Å²) in [4.78, 5) is 4.64. The van der Waals surface area contributed by atoms with E-state index in [9.17, 15) is 0 Å². The second-order valence-electron chi connectivity index (χ2n) is 6.83. The molecule has 3 rings (SSSR count). The van der Waals surface area contributed by atoms with Crippen LogP contribution in [0.25, 0.3) is 0 Å². The monoisotopic (exact) mass is 275 g/mol. The largest absolute Gasteiger partial charge is 0.370 e. The number of aliphatic imine (C=N–C) groups is 1. The van der Waals surface area contributed by atoms with Gasteiger partial charge in [0.05, 0.1) is 6.04 Å². The Kier molecular flexibility index (Phi) is 4.04. The topological polar surface area (TPSA) is 50.4 Å². The van der Waals surface area contributed by atoms with Gasteiger partial charge in [-0.1, -0.05) is 39.5 Å². The smallest absolute Gasteiger partial charge is 0.193 e. The van der Waals surface area contributed by atoms with Crippen LogP contribution >= 0.6 is 0 Å². The van der Waals surface area contributed by atoms with Crippen LogP contribution in [-0.4, -0.2) is 12.0 Å². The first-order valence-corrected chi connectivity index (χ1v) is 8.58. The van der Waals surface area contributed by atoms with Crippen molar-refractivity contribution in [3.05, 3.63) is 11.3 Å². The molecule has 0 unspecified atom stereocenters. The Labute approximate surface area is 123 Å². The van der Waals surface area contributed by atoms with Crippen LogP contribution in [-0.2, 0) is 0 Å². The van der Waals surface area contributed by atoms with Gasteiger partial charge in [0.25, 0.3) is 0 Å². The zero-order valence-electron chi connectivity index (χ0n) is 13.0. The average molecular weight is 275 g/mol. The second kappa shape index (κ2) is 5.79. The summed E-state index contributed by atoms with van der Waals surface area (Å²) >= 11 is 0. The van der Waals surface area contributed by atoms with Crippen molar-refractivity contribution in [1.82, 2.24) is 5.32 Å². The molecule has 0 amide bonds. The number of nitrogens with one attached hydrogen (secondary N) is 1. The Balaban J connectivity index is 1.90. The van der Waals surface area contributed by atoms with Crippen molar-refractivity contribution in [2.75, 3.05) is 0 Å². The third-order valence-electron chi connectivity index (χ3n) is 5.51. The molecule has 0 bridgehead atoms. The van der Waals surface area contributed by atoms with Crippen molar-refractivity contribution in [2.24, 2.45) is 28.5 Å². The Bertz CT molecular complexity index is 424. The summed E-state index contributed by atoms with van der Waals surface area (Å²) in [5.41, 5.74) is 9.16. The van der Waals surface area contributed by atoms with Crippen molar-refractivity contribution < 1.29 is 0 Å². The first-order valence-electron chi connectivity index (χ1n) is 8.58. The van der Waals surface area contributed by atoms with Gasteiger partial charge in [0.1, 0.15) is 0 Å². The van der Waals surface area contributed by atoms with Crippen molar-refractivity contribution in [3.63, 3.8) is 0 Å². The van der Waals surface area contributed by atoms with E-state index in [1.165, 1.54) is 57.1 Å². The fraction of sp³-hybridized carbons (Fsp3) is 0.824. The first kappa shape index (κ1) is 14.0. The van der Waals surface area contributed by atoms with Gasteiger partial charge in [-0.2, -0.15) is 0 Å². The molecule has 0 spiro atoms. The molecule has 3 nitrogen and oxygen atoms in total. The molecule has 3 aliphatic rings. The highest BCUT2D eigenvalue weighted by molar-refractivity contribution is 5.82. The maximum absolute atomic E-state index is 6.04. The number of allylic oxidation sites excluding steroid dienone is 1. The summed E-state index contributed by atoms with van der Waals surface area (Å²) in [6.45, 7) is 4.61. The Morgan fingerprint density at radius 3 is 2.80 bits per heavy atom. The number of hydrogen-bond acceptors (Lipinski definition) is 3. The molecule has 0 aromatic heterocycles. The Morgan fingerprint density at radius 1 is 1.20 bits per heavy atom. The van der Waals surface area contributed by atoms with Gasteiger partial charge in [-0.05, 0) is 43.1 Å². The van der Waals surface area contributed by atoms with Gasteiger partial charge in [0.2, 0.25) is 0 Å². The van der Waals surface area contributed by atoms with Crippen molar-refractivity contribution in [1.29, 1.82) is 0 Å². The first-order chi connectivity index (χ1) is 9.74. The van der Waals surface area contributed by atoms with E-state index in [0.29, 0.717) is 17.9 Å². The van der Waals surface area contributed by atoms with Crippen molar-refractivity contribution >= 4 is 5.96 Å². The van der Waals surface area contributed by atoms with Crippen LogP contribution in [0.5, 0.6) is 0 Å². The summed E-state index contributed by atoms with van der Waals surface area (Å²) in [5.74, 6) is 3.00. The van der Waals surface area contributed by atoms with Gasteiger partial charge in [0.15, 0.2) is 5.96 Å². The van der Waals surface area contributed by atoms with E-state index in [-0.39, 0.29) is 0 Å². The molecular weight excluding hydrogens is 246 g/mol. The van der Waals surface area contributed by atoms with Gasteiger partial charge in [-0.15, -0.1) is 0 Å². The van der Waals surface area contributed by atoms with E-state index < -0.39 is 0 Å². The number of nitrogens with zero attached hydrogens (tertiary/aromatic N) is 1. The molecule has 0 aromatic carbocycles. The molecule has 0 aromatic rings. The standard InChI is InChI=1S/C17H29N3/c1-3-5-7-13-11(6-4-2)10-12-8-9-14-15(12)16(13)20-17(18)19-14/h11-14H,3-10H2,1-2H3,(H3,18,19,20)/t11-,12+,13-,14+/m1/s1. The van der Waals surface area contributed by atoms with Crippen molar-refractivity contribution in [2.45, 2.75) is 71.3 Å². The van der Waals surface area contributed by atoms with Gasteiger partial charge in [-0.25, -0.2) is 4.99 Å². The molecule has 3 N–H and O–H groups in total. The van der Waals surface area contributed by atoms with Crippen LogP contribution in [0, 0.1) is 17.8 Å². The van der Waals surface area contributed by atoms with Gasteiger partial charge >= 0.3 is 0 Å². The molecule has 3 heteroatoms. The summed E-state index contributed by atoms with van der Waals surface area (Å²) in [5, 5.41) is 3.47. The highest BCUT2D eigenvalue weighted by atomic mass is 15.1. The maximum Gasteiger partial charge on any atom is 0.193 e. The molecular formula is C17H29N3. The zero-order chi connectivity index (χ0) is 14.1. The predicted octanol–water partition coefficient (Wildman–Crippen LogP) is 3.56. The minimum Gasteiger partial charge on any atom is -0.370 e. The molecule has 2 aliphatic carbocycles. The lowest BCUT2D eigenvalue weighted by atomic mass is 9.69. The summed E-state index contributed by atoms with van der Waals surface area (Å²) in [6.07, 6.45) is 10.5. The molecule has 1 fully saturated rings. The molecule has 4 atom stereocenters. The van der Waals surface area contributed by atoms with E-state index >= 15 is 0 Å². The molecule has 0 radical (unpaired) electrons. The number of nitrogens with two attached hydrogens (primary N) is 1. The van der Waals surface area contributed by atoms with E-state index in [2.05, 4.69) is 24.2 Å². The third-order valence-corrected chi connectivity index (χ3v) is 5.51. The molecule has 1 heterocycles. The van der Waals surface area contributed by atoms with Crippen LogP contribution in [0.2, 0.25) is 0 Å². The molecule has 20 heavy (non-hydrogen) atoms. The third kappa shape index (κ3) is 2.36. The minimum atomic E-state index is 0.406. The molecule has 1 aliphatic heterocycles. The Morgan fingerprint density at radius 2 is 2.05 bits per heavy atom. The lowest BCUT2D eigenvalue weighted by Gasteiger charge is -2.40. The zero-order valence-corrected chi connectivity index (χ0v) is 13.0. The molecule has 1 saturated carbocycles. The quantitative estimate of drug-likeness (QED) is 0.806. The van der Waals surface area contributed by atoms with E-state index in [4.69, 9.17) is 5.73 Å². The van der Waals surface area contributed by atoms with E-state index in [0.717, 1.165) is 11.8 Å². The van der Waals surface area contributed by atoms with Crippen LogP contribution in [0.4, 0.5) is 0 Å². The van der Waals surface area contributed by atoms with E-state index in [1.807, 2.05) is 0 Å². The Hall–Kier alpha value is -0.990. The number of hydrogen-bond donors (Lipinski definition) is 2. The fourth-order valence-corrected chi connectivity index (χ4v) is 4.70. The highest BCUT2D eigenvalue weighted by Gasteiger charge is 2.43. The lowest BCUT2D eigenvalue weighted by molar-refractivity contribution is 0.245. The summed E-state index contributed by atoms with van der Waals surface area (Å²) in [7, 11) is 0. The number of rotatable bonds is 5. The average Bonchev–Trinajstić information content (AvgIpc) is 2.82. The van der Waals surface area contributed by atoms with E-state index in [1.54, 1.807) is 5.57 Å². The van der Waals surface area contributed by atoms with Crippen LogP contribution in [0.1, 0.15) is 65.2 Å². The minimum absolute atomic E-state index is 0.406. The normalized spacial score (nSPS) is 35.6. The SMILES string of the molecule is CCCC[C@H]1C2=C3[C@@H](CC[C@@H]3N=C(N)N2)C[C@H]1CCC. The maximum atomic E-state index is 6.04. The lowest BCUT2D eigenvalue weighted by Crippen LogP contribution is -2.44. The van der Waals surface area contributed by atoms with Gasteiger partial charge < -0.3 is 11.1 Å². The van der Waals surface area contributed by atoms with Crippen LogP contribution in [0.3, 0.4) is 0 Å². The number of guanidine groups is 1. The van der Waals surface area contributed by atoms with Crippen LogP contribution < -0.4 is 11.1 Å². The highest BCUT2D eigenvalue weighted by Crippen LogP contribution is 2.50. The molecule has 112 valence electrons. The second-order valence-corrected chi connectivity index (χ2v) is 6.83. The fourth-order valence-electron chi connectivity index (χ4n) is 4.70. The van der Waals surface area contributed by atoms with Gasteiger partial charge in [0, 0.05) is 11.6 Å². The summed E-state index contributed by atoms with van der Waals surface area (Å²) in [6, 6.07) is 0.406. The summed E-state index contributed by atoms with van der Waals surface area (Å²) < 4.78 is 0. The van der Waals surface area contributed by atoms with Crippen molar-refractivity contribution in [3.8, 4) is 0 Å². The van der Waals surface area contributed by atoms with Crippen LogP contribution in [0.15, 0.2) is 16.3 Å². The molecule has 0 saturated heterocycles. The number of unbranched alkanes of at least 4 members (excludes halogenated alkanes) is 1.